The molecule has 0 radical (unpaired) electrons. The van der Waals surface area contributed by atoms with Gasteiger partial charge in [0.25, 0.3) is 0 Å². The van der Waals surface area contributed by atoms with Crippen molar-refractivity contribution >= 4 is 11.3 Å². The normalized spacial score (nSPS) is 12.4. The summed E-state index contributed by atoms with van der Waals surface area (Å²) in [4.78, 5) is 1.25. The van der Waals surface area contributed by atoms with Gasteiger partial charge >= 0.3 is 0 Å². The van der Waals surface area contributed by atoms with Gasteiger partial charge in [-0.1, -0.05) is 18.2 Å². The standard InChI is InChI=1S/C14H16FNOS/c1-10(13-7-4-8-18-13)16-9-11-5-3-6-12(17-2)14(11)15/h3-8,10,16H,9H2,1-2H3/t10-/m0/s1. The Labute approximate surface area is 110 Å². The molecule has 1 aromatic heterocycles. The van der Waals surface area contributed by atoms with Crippen molar-refractivity contribution in [2.24, 2.45) is 0 Å². The summed E-state index contributed by atoms with van der Waals surface area (Å²) in [5.74, 6) is 0.00366. The van der Waals surface area contributed by atoms with Gasteiger partial charge in [0.1, 0.15) is 0 Å². The molecule has 0 fully saturated rings. The second kappa shape index (κ2) is 5.98. The highest BCUT2D eigenvalue weighted by Gasteiger charge is 2.10. The zero-order valence-electron chi connectivity index (χ0n) is 10.4. The van der Waals surface area contributed by atoms with E-state index < -0.39 is 0 Å². The van der Waals surface area contributed by atoms with Crippen LogP contribution in [0.25, 0.3) is 0 Å². The third-order valence-corrected chi connectivity index (χ3v) is 3.89. The minimum Gasteiger partial charge on any atom is -0.494 e. The first-order chi connectivity index (χ1) is 8.72. The first-order valence-corrected chi connectivity index (χ1v) is 6.68. The molecule has 0 aliphatic carbocycles. The zero-order valence-corrected chi connectivity index (χ0v) is 11.3. The molecule has 1 N–H and O–H groups in total. The van der Waals surface area contributed by atoms with Crippen LogP contribution in [0, 0.1) is 5.82 Å². The van der Waals surface area contributed by atoms with Gasteiger partial charge in [-0.3, -0.25) is 0 Å². The molecule has 4 heteroatoms. The highest BCUT2D eigenvalue weighted by molar-refractivity contribution is 7.10. The van der Waals surface area contributed by atoms with Crippen molar-refractivity contribution < 1.29 is 9.13 Å². The number of halogens is 1. The first kappa shape index (κ1) is 13.1. The molecule has 96 valence electrons. The van der Waals surface area contributed by atoms with Gasteiger partial charge < -0.3 is 10.1 Å². The minimum atomic E-state index is -0.286. The van der Waals surface area contributed by atoms with Gasteiger partial charge in [0.05, 0.1) is 7.11 Å². The molecule has 18 heavy (non-hydrogen) atoms. The van der Waals surface area contributed by atoms with Crippen molar-refractivity contribution in [2.45, 2.75) is 19.5 Å². The molecule has 1 atom stereocenters. The van der Waals surface area contributed by atoms with Crippen LogP contribution in [-0.4, -0.2) is 7.11 Å². The van der Waals surface area contributed by atoms with Crippen LogP contribution in [0.4, 0.5) is 4.39 Å². The molecule has 2 nitrogen and oxygen atoms in total. The maximum Gasteiger partial charge on any atom is 0.169 e. The number of methoxy groups -OCH3 is 1. The molecule has 0 amide bonds. The lowest BCUT2D eigenvalue weighted by Gasteiger charge is -2.13. The molecular weight excluding hydrogens is 249 g/mol. The Morgan fingerprint density at radius 3 is 2.83 bits per heavy atom. The number of benzene rings is 1. The second-order valence-corrected chi connectivity index (χ2v) is 5.03. The number of hydrogen-bond acceptors (Lipinski definition) is 3. The molecule has 2 aromatic rings. The van der Waals surface area contributed by atoms with E-state index in [0.29, 0.717) is 12.1 Å². The number of rotatable bonds is 5. The number of hydrogen-bond donors (Lipinski definition) is 1. The molecule has 0 spiro atoms. The molecule has 0 aliphatic rings. The predicted octanol–water partition coefficient (Wildman–Crippen LogP) is 3.75. The smallest absolute Gasteiger partial charge is 0.169 e. The van der Waals surface area contributed by atoms with Crippen LogP contribution >= 0.6 is 11.3 Å². The molecule has 0 saturated heterocycles. The summed E-state index contributed by atoms with van der Waals surface area (Å²) in [7, 11) is 1.48. The number of thiophene rings is 1. The molecule has 0 bridgehead atoms. The van der Waals surface area contributed by atoms with Gasteiger partial charge in [0.2, 0.25) is 0 Å². The fourth-order valence-electron chi connectivity index (χ4n) is 1.75. The van der Waals surface area contributed by atoms with Crippen LogP contribution in [0.5, 0.6) is 5.75 Å². The van der Waals surface area contributed by atoms with Gasteiger partial charge in [0.15, 0.2) is 11.6 Å². The Hall–Kier alpha value is -1.39. The maximum atomic E-state index is 13.9. The Kier molecular flexibility index (Phi) is 4.33. The van der Waals surface area contributed by atoms with Crippen LogP contribution in [0.15, 0.2) is 35.7 Å². The van der Waals surface area contributed by atoms with Gasteiger partial charge in [-0.2, -0.15) is 0 Å². The van der Waals surface area contributed by atoms with Crippen molar-refractivity contribution in [3.63, 3.8) is 0 Å². The Bertz CT molecular complexity index is 499. The van der Waals surface area contributed by atoms with Crippen LogP contribution in [-0.2, 0) is 6.54 Å². The van der Waals surface area contributed by atoms with E-state index in [-0.39, 0.29) is 17.6 Å². The lowest BCUT2D eigenvalue weighted by molar-refractivity contribution is 0.382. The van der Waals surface area contributed by atoms with E-state index in [1.54, 1.807) is 29.5 Å². The van der Waals surface area contributed by atoms with Gasteiger partial charge in [0, 0.05) is 23.0 Å². The average molecular weight is 265 g/mol. The summed E-state index contributed by atoms with van der Waals surface area (Å²) in [5, 5.41) is 5.35. The van der Waals surface area contributed by atoms with Crippen LogP contribution in [0.1, 0.15) is 23.4 Å². The molecular formula is C14H16FNOS. The molecule has 0 saturated carbocycles. The number of nitrogens with one attached hydrogen (secondary N) is 1. The topological polar surface area (TPSA) is 21.3 Å². The SMILES string of the molecule is COc1cccc(CN[C@@H](C)c2cccs2)c1F. The second-order valence-electron chi connectivity index (χ2n) is 4.05. The van der Waals surface area contributed by atoms with E-state index in [2.05, 4.69) is 18.3 Å². The fourth-order valence-corrected chi connectivity index (χ4v) is 2.51. The summed E-state index contributed by atoms with van der Waals surface area (Å²) in [6, 6.07) is 9.51. The van der Waals surface area contributed by atoms with Crippen molar-refractivity contribution in [3.05, 3.63) is 52.0 Å². The van der Waals surface area contributed by atoms with Gasteiger partial charge in [-0.15, -0.1) is 11.3 Å². The average Bonchev–Trinajstić information content (AvgIpc) is 2.91. The molecule has 0 unspecified atom stereocenters. The monoisotopic (exact) mass is 265 g/mol. The van der Waals surface area contributed by atoms with Gasteiger partial charge in [-0.25, -0.2) is 4.39 Å². The zero-order chi connectivity index (χ0) is 13.0. The third kappa shape index (κ3) is 2.89. The lowest BCUT2D eigenvalue weighted by Crippen LogP contribution is -2.18. The summed E-state index contributed by atoms with van der Waals surface area (Å²) >= 11 is 1.70. The Balaban J connectivity index is 2.02. The Morgan fingerprint density at radius 1 is 1.33 bits per heavy atom. The lowest BCUT2D eigenvalue weighted by atomic mass is 10.2. The predicted molar refractivity (Wildman–Crippen MR) is 72.5 cm³/mol. The quantitative estimate of drug-likeness (QED) is 0.889. The van der Waals surface area contributed by atoms with Gasteiger partial charge in [-0.05, 0) is 24.4 Å². The summed E-state index contributed by atoms with van der Waals surface area (Å²) in [6.07, 6.45) is 0. The van der Waals surface area contributed by atoms with Crippen LogP contribution in [0.3, 0.4) is 0 Å². The van der Waals surface area contributed by atoms with Crippen LogP contribution in [0.2, 0.25) is 0 Å². The van der Waals surface area contributed by atoms with Crippen molar-refractivity contribution in [3.8, 4) is 5.75 Å². The maximum absolute atomic E-state index is 13.9. The van der Waals surface area contributed by atoms with E-state index in [4.69, 9.17) is 4.74 Å². The fraction of sp³-hybridized carbons (Fsp3) is 0.286. The van der Waals surface area contributed by atoms with Crippen molar-refractivity contribution in [2.75, 3.05) is 7.11 Å². The Morgan fingerprint density at radius 2 is 2.17 bits per heavy atom. The van der Waals surface area contributed by atoms with E-state index in [0.717, 1.165) is 0 Å². The van der Waals surface area contributed by atoms with Crippen LogP contribution < -0.4 is 10.1 Å². The van der Waals surface area contributed by atoms with E-state index in [1.807, 2.05) is 11.4 Å². The molecule has 1 heterocycles. The first-order valence-electron chi connectivity index (χ1n) is 5.80. The number of ether oxygens (including phenoxy) is 1. The highest BCUT2D eigenvalue weighted by atomic mass is 32.1. The summed E-state index contributed by atoms with van der Waals surface area (Å²) in [6.45, 7) is 2.56. The minimum absolute atomic E-state index is 0.218. The van der Waals surface area contributed by atoms with E-state index >= 15 is 0 Å². The van der Waals surface area contributed by atoms with Crippen molar-refractivity contribution in [1.29, 1.82) is 0 Å². The molecule has 1 aromatic carbocycles. The molecule has 0 aliphatic heterocycles. The largest absolute Gasteiger partial charge is 0.494 e. The summed E-state index contributed by atoms with van der Waals surface area (Å²) < 4.78 is 18.9. The third-order valence-electron chi connectivity index (χ3n) is 2.83. The summed E-state index contributed by atoms with van der Waals surface area (Å²) in [5.41, 5.74) is 0.623. The van der Waals surface area contributed by atoms with E-state index in [1.165, 1.54) is 12.0 Å². The highest BCUT2D eigenvalue weighted by Crippen LogP contribution is 2.22. The van der Waals surface area contributed by atoms with E-state index in [9.17, 15) is 4.39 Å². The molecule has 2 rings (SSSR count). The van der Waals surface area contributed by atoms with Crippen molar-refractivity contribution in [1.82, 2.24) is 5.32 Å².